The molecule has 0 radical (unpaired) electrons. The van der Waals surface area contributed by atoms with Crippen molar-refractivity contribution in [2.45, 2.75) is 38.6 Å². The first-order valence-electron chi connectivity index (χ1n) is 9.89. The van der Waals surface area contributed by atoms with Crippen molar-refractivity contribution in [1.82, 2.24) is 9.88 Å². The third-order valence-corrected chi connectivity index (χ3v) is 5.05. The summed E-state index contributed by atoms with van der Waals surface area (Å²) in [5.41, 5.74) is 5.27. The maximum atomic E-state index is 11.8. The summed E-state index contributed by atoms with van der Waals surface area (Å²) in [5, 5.41) is 19.3. The molecule has 1 unspecified atom stereocenters. The van der Waals surface area contributed by atoms with Crippen molar-refractivity contribution in [3.05, 3.63) is 81.3 Å². The van der Waals surface area contributed by atoms with E-state index in [4.69, 9.17) is 10.2 Å². The van der Waals surface area contributed by atoms with Gasteiger partial charge in [-0.15, -0.1) is 0 Å². The van der Waals surface area contributed by atoms with E-state index in [1.54, 1.807) is 6.07 Å². The number of nitrogens with one attached hydrogen (secondary N) is 1. The molecule has 30 heavy (non-hydrogen) atoms. The van der Waals surface area contributed by atoms with Crippen LogP contribution in [0.25, 0.3) is 0 Å². The Bertz CT molecular complexity index is 945. The van der Waals surface area contributed by atoms with Crippen LogP contribution in [0.5, 0.6) is 0 Å². The second-order valence-electron chi connectivity index (χ2n) is 7.28. The molecule has 160 valence electrons. The predicted octanol–water partition coefficient (Wildman–Crippen LogP) is 2.62. The molecule has 0 fully saturated rings. The van der Waals surface area contributed by atoms with Gasteiger partial charge in [0.25, 0.3) is 0 Å². The number of benzene rings is 1. The fourth-order valence-corrected chi connectivity index (χ4v) is 3.45. The van der Waals surface area contributed by atoms with Crippen LogP contribution in [0.2, 0.25) is 0 Å². The highest BCUT2D eigenvalue weighted by Crippen LogP contribution is 2.28. The zero-order valence-corrected chi connectivity index (χ0v) is 17.3. The molecule has 1 atom stereocenters. The van der Waals surface area contributed by atoms with Gasteiger partial charge in [-0.2, -0.15) is 0 Å². The second kappa shape index (κ2) is 11.1. The Morgan fingerprint density at radius 1 is 1.10 bits per heavy atom. The van der Waals surface area contributed by atoms with Crippen molar-refractivity contribution in [2.75, 3.05) is 6.54 Å². The lowest BCUT2D eigenvalue weighted by Gasteiger charge is -2.27. The largest absolute Gasteiger partial charge is 0.478 e. The normalized spacial score (nSPS) is 15.2. The van der Waals surface area contributed by atoms with Crippen LogP contribution in [0, 0.1) is 6.92 Å². The molecule has 7 nitrogen and oxygen atoms in total. The molecule has 2 aromatic rings. The molecular formula is C23H28N2O5. The summed E-state index contributed by atoms with van der Waals surface area (Å²) in [5.74, 6) is -2.51. The number of aliphatic carboxylic acids is 2. The fraction of sp³-hybridized carbons (Fsp3) is 0.348. The Hall–Kier alpha value is -3.19. The molecule has 0 amide bonds. The summed E-state index contributed by atoms with van der Waals surface area (Å²) in [6.07, 6.45) is 5.46. The monoisotopic (exact) mass is 412 g/mol. The third kappa shape index (κ3) is 7.00. The van der Waals surface area contributed by atoms with Gasteiger partial charge < -0.3 is 20.1 Å². The smallest absolute Gasteiger partial charge is 0.328 e. The molecule has 0 spiro atoms. The fourth-order valence-electron chi connectivity index (χ4n) is 3.45. The van der Waals surface area contributed by atoms with Crippen molar-refractivity contribution in [1.29, 1.82) is 0 Å². The molecule has 1 aromatic carbocycles. The van der Waals surface area contributed by atoms with Gasteiger partial charge in [-0.1, -0.05) is 35.9 Å². The number of nitrogens with zero attached hydrogens (tertiary/aromatic N) is 1. The van der Waals surface area contributed by atoms with Gasteiger partial charge in [0.15, 0.2) is 0 Å². The van der Waals surface area contributed by atoms with Crippen molar-refractivity contribution >= 4 is 11.9 Å². The SMILES string of the molecule is Cc1ccc(CCNC2CCCc3c2ccc(=O)n3C)cc1.O=C(O)C=CC(=O)O. The van der Waals surface area contributed by atoms with Crippen molar-refractivity contribution in [2.24, 2.45) is 7.05 Å². The Kier molecular flexibility index (Phi) is 8.55. The maximum Gasteiger partial charge on any atom is 0.328 e. The zero-order valence-electron chi connectivity index (χ0n) is 17.3. The lowest BCUT2D eigenvalue weighted by molar-refractivity contribution is -0.134. The first kappa shape index (κ1) is 23.1. The second-order valence-corrected chi connectivity index (χ2v) is 7.28. The van der Waals surface area contributed by atoms with E-state index in [-0.39, 0.29) is 5.56 Å². The first-order chi connectivity index (χ1) is 14.3. The molecule has 3 rings (SSSR count). The van der Waals surface area contributed by atoms with Crippen LogP contribution in [0.1, 0.15) is 41.3 Å². The Labute approximate surface area is 175 Å². The minimum Gasteiger partial charge on any atom is -0.478 e. The molecule has 3 N–H and O–H groups in total. The number of hydrogen-bond acceptors (Lipinski definition) is 4. The van der Waals surface area contributed by atoms with Gasteiger partial charge in [0, 0.05) is 37.0 Å². The number of pyridine rings is 1. The van der Waals surface area contributed by atoms with E-state index in [9.17, 15) is 14.4 Å². The summed E-state index contributed by atoms with van der Waals surface area (Å²) in [6.45, 7) is 3.08. The Morgan fingerprint density at radius 2 is 1.73 bits per heavy atom. The highest BCUT2D eigenvalue weighted by atomic mass is 16.4. The van der Waals surface area contributed by atoms with E-state index in [2.05, 4.69) is 36.5 Å². The number of aryl methyl sites for hydroxylation is 1. The van der Waals surface area contributed by atoms with E-state index in [1.165, 1.54) is 22.4 Å². The Balaban J connectivity index is 0.000000343. The number of rotatable bonds is 6. The summed E-state index contributed by atoms with van der Waals surface area (Å²) in [4.78, 5) is 30.9. The molecule has 0 saturated carbocycles. The van der Waals surface area contributed by atoms with Crippen LogP contribution < -0.4 is 10.9 Å². The minimum absolute atomic E-state index is 0.0963. The third-order valence-electron chi connectivity index (χ3n) is 5.05. The molecule has 0 aliphatic heterocycles. The number of aromatic nitrogens is 1. The van der Waals surface area contributed by atoms with Crippen LogP contribution in [0.3, 0.4) is 0 Å². The van der Waals surface area contributed by atoms with Gasteiger partial charge in [-0.05, 0) is 50.3 Å². The molecule has 1 aromatic heterocycles. The van der Waals surface area contributed by atoms with Crippen molar-refractivity contribution in [3.8, 4) is 0 Å². The van der Waals surface area contributed by atoms with E-state index < -0.39 is 11.9 Å². The van der Waals surface area contributed by atoms with E-state index >= 15 is 0 Å². The lowest BCUT2D eigenvalue weighted by Crippen LogP contribution is -2.31. The van der Waals surface area contributed by atoms with Crippen LogP contribution in [-0.2, 0) is 29.5 Å². The first-order valence-corrected chi connectivity index (χ1v) is 9.89. The summed E-state index contributed by atoms with van der Waals surface area (Å²) in [6, 6.07) is 12.8. The molecular weight excluding hydrogens is 384 g/mol. The number of carboxylic acids is 2. The zero-order chi connectivity index (χ0) is 22.1. The number of fused-ring (bicyclic) bond motifs is 1. The van der Waals surface area contributed by atoms with Crippen LogP contribution in [0.4, 0.5) is 0 Å². The van der Waals surface area contributed by atoms with Crippen molar-refractivity contribution in [3.63, 3.8) is 0 Å². The van der Waals surface area contributed by atoms with E-state index in [0.29, 0.717) is 18.2 Å². The average Bonchev–Trinajstić information content (AvgIpc) is 2.71. The number of hydrogen-bond donors (Lipinski definition) is 3. The quantitative estimate of drug-likeness (QED) is 0.630. The van der Waals surface area contributed by atoms with Gasteiger partial charge in [0.05, 0.1) is 0 Å². The topological polar surface area (TPSA) is 109 Å². The van der Waals surface area contributed by atoms with Gasteiger partial charge >= 0.3 is 11.9 Å². The van der Waals surface area contributed by atoms with E-state index in [0.717, 1.165) is 32.2 Å². The van der Waals surface area contributed by atoms with Crippen LogP contribution >= 0.6 is 0 Å². The summed E-state index contributed by atoms with van der Waals surface area (Å²) in [7, 11) is 1.88. The molecule has 1 aliphatic carbocycles. The standard InChI is InChI=1S/C19H24N2O.C4H4O4/c1-14-6-8-15(9-7-14)12-13-20-17-4-3-5-18-16(17)10-11-19(22)21(18)2;5-3(6)1-2-4(7)8/h6-11,17,20H,3-5,12-13H2,1-2H3;1-2H,(H,5,6)(H,7,8). The summed E-state index contributed by atoms with van der Waals surface area (Å²) < 4.78 is 1.81. The molecule has 0 saturated heterocycles. The molecule has 7 heteroatoms. The van der Waals surface area contributed by atoms with Gasteiger partial charge in [0.2, 0.25) is 5.56 Å². The number of carbonyl (C=O) groups is 2. The highest BCUT2D eigenvalue weighted by Gasteiger charge is 2.21. The molecule has 1 aliphatic rings. The highest BCUT2D eigenvalue weighted by molar-refractivity contribution is 5.89. The predicted molar refractivity (Wildman–Crippen MR) is 115 cm³/mol. The maximum absolute atomic E-state index is 11.8. The molecule has 0 bridgehead atoms. The van der Waals surface area contributed by atoms with Gasteiger partial charge in [0.1, 0.15) is 0 Å². The van der Waals surface area contributed by atoms with Gasteiger partial charge in [-0.3, -0.25) is 4.79 Å². The van der Waals surface area contributed by atoms with E-state index in [1.807, 2.05) is 17.7 Å². The van der Waals surface area contributed by atoms with Gasteiger partial charge in [-0.25, -0.2) is 9.59 Å². The van der Waals surface area contributed by atoms with Crippen LogP contribution in [-0.4, -0.2) is 33.3 Å². The minimum atomic E-state index is -1.26. The summed E-state index contributed by atoms with van der Waals surface area (Å²) >= 11 is 0. The Morgan fingerprint density at radius 3 is 2.33 bits per heavy atom. The van der Waals surface area contributed by atoms with Crippen LogP contribution in [0.15, 0.2) is 53.3 Å². The average molecular weight is 412 g/mol. The van der Waals surface area contributed by atoms with Crippen molar-refractivity contribution < 1.29 is 19.8 Å². The number of carboxylic acid groups (broad SMARTS) is 2. The lowest BCUT2D eigenvalue weighted by atomic mass is 9.91. The molecule has 1 heterocycles.